The van der Waals surface area contributed by atoms with Crippen molar-refractivity contribution in [3.05, 3.63) is 25.7 Å². The van der Waals surface area contributed by atoms with Gasteiger partial charge in [0.05, 0.1) is 17.1 Å². The van der Waals surface area contributed by atoms with Crippen molar-refractivity contribution in [2.75, 3.05) is 7.11 Å². The van der Waals surface area contributed by atoms with Gasteiger partial charge in [0.25, 0.3) is 0 Å². The van der Waals surface area contributed by atoms with Gasteiger partial charge in [-0.05, 0) is 50.7 Å². The largest absolute Gasteiger partial charge is 0.496 e. The van der Waals surface area contributed by atoms with Crippen molar-refractivity contribution in [3.63, 3.8) is 0 Å². The first-order valence-corrected chi connectivity index (χ1v) is 5.00. The van der Waals surface area contributed by atoms with Crippen LogP contribution in [0.2, 0.25) is 0 Å². The molecule has 0 saturated heterocycles. The Morgan fingerprint density at radius 2 is 2.25 bits per heavy atom. The quantitative estimate of drug-likeness (QED) is 0.738. The first-order chi connectivity index (χ1) is 5.70. The van der Waals surface area contributed by atoms with Gasteiger partial charge in [-0.1, -0.05) is 0 Å². The number of nitriles is 1. The molecule has 0 radical (unpaired) electrons. The van der Waals surface area contributed by atoms with Gasteiger partial charge >= 0.3 is 0 Å². The lowest BCUT2D eigenvalue weighted by Crippen LogP contribution is -1.89. The van der Waals surface area contributed by atoms with Gasteiger partial charge in [-0.25, -0.2) is 0 Å². The topological polar surface area (TPSA) is 33.0 Å². The maximum absolute atomic E-state index is 8.69. The molecule has 0 aliphatic heterocycles. The third-order valence-corrected chi connectivity index (χ3v) is 4.04. The summed E-state index contributed by atoms with van der Waals surface area (Å²) in [5.74, 6) is 0.749. The number of benzene rings is 1. The Bertz CT molecular complexity index is 346. The van der Waals surface area contributed by atoms with Gasteiger partial charge < -0.3 is 4.74 Å². The molecule has 4 heteroatoms. The van der Waals surface area contributed by atoms with Crippen LogP contribution in [0.5, 0.6) is 5.75 Å². The van der Waals surface area contributed by atoms with E-state index in [0.29, 0.717) is 5.56 Å². The highest BCUT2D eigenvalue weighted by molar-refractivity contribution is 14.1. The fourth-order valence-corrected chi connectivity index (χ4v) is 1.85. The summed E-state index contributed by atoms with van der Waals surface area (Å²) in [5.41, 5.74) is 0.656. The second-order valence-corrected chi connectivity index (χ2v) is 3.93. The summed E-state index contributed by atoms with van der Waals surface area (Å²) in [6, 6.07) is 5.60. The van der Waals surface area contributed by atoms with Crippen LogP contribution in [0.15, 0.2) is 16.6 Å². The Hall–Kier alpha value is -0.280. The van der Waals surface area contributed by atoms with E-state index < -0.39 is 0 Å². The van der Waals surface area contributed by atoms with Gasteiger partial charge in [0.1, 0.15) is 11.8 Å². The lowest BCUT2D eigenvalue weighted by atomic mass is 10.2. The molecular weight excluding hydrogens is 333 g/mol. The minimum absolute atomic E-state index is 0.656. The number of halogens is 2. The fraction of sp³-hybridized carbons (Fsp3) is 0.125. The highest BCUT2D eigenvalue weighted by atomic mass is 127. The van der Waals surface area contributed by atoms with Crippen LogP contribution in [0, 0.1) is 14.9 Å². The summed E-state index contributed by atoms with van der Waals surface area (Å²) < 4.78 is 6.79. The first-order valence-electron chi connectivity index (χ1n) is 3.12. The van der Waals surface area contributed by atoms with Crippen molar-refractivity contribution >= 4 is 38.5 Å². The van der Waals surface area contributed by atoms with Crippen LogP contribution in [-0.2, 0) is 0 Å². The van der Waals surface area contributed by atoms with E-state index in [0.717, 1.165) is 13.8 Å². The van der Waals surface area contributed by atoms with E-state index in [2.05, 4.69) is 44.6 Å². The Balaban J connectivity index is 3.32. The van der Waals surface area contributed by atoms with Crippen molar-refractivity contribution < 1.29 is 4.74 Å². The molecule has 2 nitrogen and oxygen atoms in total. The molecule has 0 aromatic heterocycles. The molecule has 0 atom stereocenters. The minimum Gasteiger partial charge on any atom is -0.496 e. The van der Waals surface area contributed by atoms with E-state index in [1.54, 1.807) is 19.2 Å². The van der Waals surface area contributed by atoms with E-state index in [1.807, 2.05) is 0 Å². The summed E-state index contributed by atoms with van der Waals surface area (Å²) in [6.07, 6.45) is 0. The minimum atomic E-state index is 0.656. The van der Waals surface area contributed by atoms with Crippen molar-refractivity contribution in [1.82, 2.24) is 0 Å². The normalized spacial score (nSPS) is 9.17. The smallest absolute Gasteiger partial charge is 0.134 e. The maximum atomic E-state index is 8.69. The maximum Gasteiger partial charge on any atom is 0.134 e. The number of hydrogen-bond donors (Lipinski definition) is 0. The molecule has 0 N–H and O–H groups in total. The molecule has 1 aromatic carbocycles. The molecule has 62 valence electrons. The molecule has 0 aliphatic carbocycles. The van der Waals surface area contributed by atoms with Crippen LogP contribution in [-0.4, -0.2) is 7.11 Å². The first kappa shape index (κ1) is 9.81. The van der Waals surface area contributed by atoms with Gasteiger partial charge in [-0.15, -0.1) is 0 Å². The van der Waals surface area contributed by atoms with Crippen LogP contribution >= 0.6 is 38.5 Å². The van der Waals surface area contributed by atoms with Crippen molar-refractivity contribution in [2.45, 2.75) is 0 Å². The second-order valence-electron chi connectivity index (χ2n) is 2.06. The van der Waals surface area contributed by atoms with Crippen LogP contribution in [0.3, 0.4) is 0 Å². The molecule has 0 fully saturated rings. The number of rotatable bonds is 1. The van der Waals surface area contributed by atoms with E-state index in [9.17, 15) is 0 Å². The van der Waals surface area contributed by atoms with Crippen molar-refractivity contribution in [3.8, 4) is 11.8 Å². The van der Waals surface area contributed by atoms with Gasteiger partial charge in [-0.3, -0.25) is 0 Å². The zero-order valence-electron chi connectivity index (χ0n) is 6.27. The van der Waals surface area contributed by atoms with Gasteiger partial charge in [0.2, 0.25) is 0 Å². The van der Waals surface area contributed by atoms with E-state index >= 15 is 0 Å². The predicted molar refractivity (Wildman–Crippen MR) is 58.1 cm³/mol. The van der Waals surface area contributed by atoms with Crippen LogP contribution in [0.25, 0.3) is 0 Å². The zero-order chi connectivity index (χ0) is 9.14. The summed E-state index contributed by atoms with van der Waals surface area (Å²) in [6.45, 7) is 0. The molecular formula is C8H5BrINO. The number of nitrogens with zero attached hydrogens (tertiary/aromatic N) is 1. The summed E-state index contributed by atoms with van der Waals surface area (Å²) in [5, 5.41) is 8.69. The van der Waals surface area contributed by atoms with Crippen LogP contribution in [0.4, 0.5) is 0 Å². The zero-order valence-corrected chi connectivity index (χ0v) is 10.0. The Labute approximate surface area is 92.8 Å². The highest BCUT2D eigenvalue weighted by Crippen LogP contribution is 2.31. The Morgan fingerprint density at radius 1 is 1.58 bits per heavy atom. The Morgan fingerprint density at radius 3 is 2.75 bits per heavy atom. The Kier molecular flexibility index (Phi) is 3.35. The third kappa shape index (κ3) is 1.72. The molecule has 0 bridgehead atoms. The molecule has 1 aromatic rings. The average molecular weight is 338 g/mol. The van der Waals surface area contributed by atoms with Crippen LogP contribution in [0.1, 0.15) is 5.56 Å². The van der Waals surface area contributed by atoms with E-state index in [4.69, 9.17) is 10.00 Å². The van der Waals surface area contributed by atoms with Crippen molar-refractivity contribution in [1.29, 1.82) is 5.26 Å². The second kappa shape index (κ2) is 4.10. The standard InChI is InChI=1S/C8H5BrINO/c1-12-6-3-2-5(4-11)8(10)7(6)9/h2-3H,1H3. The van der Waals surface area contributed by atoms with E-state index in [1.165, 1.54) is 0 Å². The highest BCUT2D eigenvalue weighted by Gasteiger charge is 2.07. The van der Waals surface area contributed by atoms with Crippen LogP contribution < -0.4 is 4.74 Å². The third-order valence-electron chi connectivity index (χ3n) is 1.39. The summed E-state index contributed by atoms with van der Waals surface area (Å²) in [4.78, 5) is 0. The van der Waals surface area contributed by atoms with Gasteiger partial charge in [0, 0.05) is 3.57 Å². The molecule has 0 spiro atoms. The summed E-state index contributed by atoms with van der Waals surface area (Å²) >= 11 is 5.45. The molecule has 0 unspecified atom stereocenters. The lowest BCUT2D eigenvalue weighted by Gasteiger charge is -2.04. The van der Waals surface area contributed by atoms with E-state index in [-0.39, 0.29) is 0 Å². The van der Waals surface area contributed by atoms with Crippen molar-refractivity contribution in [2.24, 2.45) is 0 Å². The molecule has 1 rings (SSSR count). The molecule has 0 amide bonds. The average Bonchev–Trinajstić information content (AvgIpc) is 2.10. The summed E-state index contributed by atoms with van der Waals surface area (Å²) in [7, 11) is 1.60. The molecule has 0 saturated carbocycles. The number of hydrogen-bond acceptors (Lipinski definition) is 2. The SMILES string of the molecule is COc1ccc(C#N)c(I)c1Br. The number of ether oxygens (including phenoxy) is 1. The molecule has 0 heterocycles. The molecule has 12 heavy (non-hydrogen) atoms. The lowest BCUT2D eigenvalue weighted by molar-refractivity contribution is 0.411. The fourth-order valence-electron chi connectivity index (χ4n) is 0.776. The van der Waals surface area contributed by atoms with Gasteiger partial charge in [-0.2, -0.15) is 5.26 Å². The predicted octanol–water partition coefficient (Wildman–Crippen LogP) is 2.93. The number of methoxy groups -OCH3 is 1. The van der Waals surface area contributed by atoms with Gasteiger partial charge in [0.15, 0.2) is 0 Å². The molecule has 0 aliphatic rings. The monoisotopic (exact) mass is 337 g/mol.